The number of hydrogen-bond acceptors (Lipinski definition) is 10. The van der Waals surface area contributed by atoms with Crippen molar-refractivity contribution in [3.05, 3.63) is 13.2 Å². The standard InChI is InChI=1S/C13H12F12O4.2C4H8F2O2.2C4H7F2O.10Rf/c1-3-7(14,15)5-26-10(18,19)9(11(20,21)27-5)12(22,23)28-6(8(16,17)4-2)29-13(9,24)25;2*1-2-4(5,6)3(7)8;2*1-2-4(5,6)3-7;;;;;;;;;;/h5-6H,3-4H2,1-2H3;2*3,7-8H,2H2,1H3;2*3,7H,2H2,1H3;;;;;;;;;;/q;;;2*-1;;;;;;;;;;. The molecule has 40 heteroatoms. The van der Waals surface area contributed by atoms with Crippen LogP contribution in [0.25, 0.3) is 0 Å². The molecule has 0 aromatic heterocycles. The van der Waals surface area contributed by atoms with Crippen LogP contribution >= 0.6 is 0 Å². The van der Waals surface area contributed by atoms with Gasteiger partial charge in [-0.3, -0.25) is 18.9 Å². The monoisotopic (exact) mass is 3600 g/mol. The number of aliphatic hydroxyl groups excluding tert-OH is 4. The van der Waals surface area contributed by atoms with Crippen LogP contribution in [0.3, 0.4) is 0 Å². The van der Waals surface area contributed by atoms with Gasteiger partial charge in [-0.15, -0.1) is 13.2 Å². The molecule has 0 atom stereocenters. The van der Waals surface area contributed by atoms with Crippen molar-refractivity contribution in [2.24, 2.45) is 5.41 Å². The van der Waals surface area contributed by atoms with E-state index in [2.05, 4.69) is 18.9 Å². The van der Waals surface area contributed by atoms with E-state index in [4.69, 9.17) is 30.6 Å². The molecule has 2 fully saturated rings. The quantitative estimate of drug-likeness (QED) is 0.0633. The third-order valence-corrected chi connectivity index (χ3v) is 7.42. The first-order valence-corrected chi connectivity index (χ1v) is 16.2. The predicted molar refractivity (Wildman–Crippen MR) is 154 cm³/mol. The summed E-state index contributed by atoms with van der Waals surface area (Å²) in [5.74, 6) is -22.0. The van der Waals surface area contributed by atoms with Crippen LogP contribution in [-0.2, 0) is 18.9 Å². The van der Waals surface area contributed by atoms with Crippen molar-refractivity contribution in [1.82, 2.24) is 0 Å². The first-order valence-electron chi connectivity index (χ1n) is 16.2. The van der Waals surface area contributed by atoms with Crippen LogP contribution in [0.5, 0.6) is 0 Å². The zero-order valence-electron chi connectivity index (χ0n) is 38.2. The van der Waals surface area contributed by atoms with Crippen LogP contribution in [0.1, 0.15) is 80.1 Å². The van der Waals surface area contributed by atoms with Gasteiger partial charge in [0.15, 0.2) is 11.8 Å². The van der Waals surface area contributed by atoms with Crippen LogP contribution in [0.2, 0.25) is 0 Å². The maximum atomic E-state index is 14.2. The summed E-state index contributed by atoms with van der Waals surface area (Å²) in [6, 6.07) is 0. The second kappa shape index (κ2) is 28.0. The molecule has 380 valence electrons. The van der Waals surface area contributed by atoms with E-state index < -0.39 is 116 Å². The molecule has 2 heterocycles. The van der Waals surface area contributed by atoms with Crippen molar-refractivity contribution in [1.29, 1.82) is 0 Å². The third-order valence-electron chi connectivity index (χ3n) is 7.42. The summed E-state index contributed by atoms with van der Waals surface area (Å²) in [6.45, 7) is 5.92. The molecule has 0 aromatic rings. The topological polar surface area (TPSA) is 158 Å². The van der Waals surface area contributed by atoms with Crippen molar-refractivity contribution in [3.8, 4) is 0 Å². The molecule has 0 amide bonds. The molecule has 6 N–H and O–H groups in total. The second-order valence-electron chi connectivity index (χ2n) is 11.6. The summed E-state index contributed by atoms with van der Waals surface area (Å²) >= 11 is 0. The Morgan fingerprint density at radius 3 is 0.623 bits per heavy atom. The van der Waals surface area contributed by atoms with Gasteiger partial charge in [-0.1, -0.05) is 41.5 Å². The van der Waals surface area contributed by atoms with Crippen LogP contribution in [-0.4, -0.2) is 116 Å². The van der Waals surface area contributed by atoms with Crippen LogP contribution in [0.4, 0.5) is 87.8 Å². The van der Waals surface area contributed by atoms with Crippen molar-refractivity contribution < 1.29 is 137 Å². The van der Waals surface area contributed by atoms with E-state index in [-0.39, 0.29) is 26.1 Å². The molecule has 69 heavy (non-hydrogen) atoms. The van der Waals surface area contributed by atoms with Crippen molar-refractivity contribution in [3.63, 3.8) is 0 Å². The van der Waals surface area contributed by atoms with Gasteiger partial charge in [-0.25, -0.2) is 52.7 Å². The van der Waals surface area contributed by atoms with Gasteiger partial charge in [-0.05, 0) is 12.8 Å². The number of rotatable bonds is 12. The summed E-state index contributed by atoms with van der Waals surface area (Å²) in [6.07, 6.45) is -43.8. The Morgan fingerprint density at radius 2 is 0.551 bits per heavy atom. The summed E-state index contributed by atoms with van der Waals surface area (Å²) < 4.78 is 274. The summed E-state index contributed by atoms with van der Waals surface area (Å²) in [4.78, 5) is 0. The average Bonchev–Trinajstić information content (AvgIpc) is 3.10. The van der Waals surface area contributed by atoms with E-state index in [1.54, 1.807) is 0 Å². The Kier molecular flexibility index (Phi) is 37.5. The van der Waals surface area contributed by atoms with E-state index in [1.165, 1.54) is 27.7 Å². The fourth-order valence-corrected chi connectivity index (χ4v) is 3.18. The molecule has 0 aliphatic carbocycles. The van der Waals surface area contributed by atoms with Gasteiger partial charge in [0, 0.05) is 25.7 Å². The molecule has 0 radical (unpaired) electrons. The van der Waals surface area contributed by atoms with Gasteiger partial charge in [0.2, 0.25) is 25.2 Å². The van der Waals surface area contributed by atoms with E-state index in [1.807, 2.05) is 0 Å². The molecular formula is C29H42F20O10Rf10-2. The first-order chi connectivity index (χ1) is 26.0. The number of alkyl halides is 20. The molecule has 1 spiro atoms. The number of halogens is 20. The maximum Gasteiger partial charge on any atom is 0.389 e. The Hall–Kier alpha value is -11.8. The molecule has 0 aromatic carbocycles. The Labute approximate surface area is 321 Å². The van der Waals surface area contributed by atoms with E-state index >= 15 is 0 Å². The van der Waals surface area contributed by atoms with Gasteiger partial charge >= 0.3 is 29.8 Å². The van der Waals surface area contributed by atoms with Gasteiger partial charge < -0.3 is 30.6 Å². The molecule has 2 aliphatic rings. The normalized spacial score (nSPS) is 20.6. The Morgan fingerprint density at radius 1 is 0.377 bits per heavy atom. The van der Waals surface area contributed by atoms with Crippen molar-refractivity contribution in [2.75, 3.05) is 0 Å². The van der Waals surface area contributed by atoms with Gasteiger partial charge in [0.1, 0.15) is 0 Å². The van der Waals surface area contributed by atoms with Gasteiger partial charge in [-0.2, -0.15) is 35.1 Å². The molecule has 2 rings (SSSR count). The van der Waals surface area contributed by atoms with E-state index in [0.29, 0.717) is 13.8 Å². The SMILES string of the molecule is CCC(F)(F)C(O)O.CCC(F)(F)C(O)O.CCC(F)(F)C1OC(F)(F)C2(C(F)(F)O1)C(F)(F)OC(C(F)(F)CC)OC2(F)F.CCC(F)(F)[CH-]O.CCC(F)(F)[CH-]O.[Rf].[Rf].[Rf].[Rf].[Rf].[Rf].[Rf].[Rf].[Rf].[Rf]. The maximum absolute atomic E-state index is 14.2. The summed E-state index contributed by atoms with van der Waals surface area (Å²) in [5.41, 5.74) is -6.55. The van der Waals surface area contributed by atoms with Gasteiger partial charge in [0.05, 0.1) is 0 Å². The van der Waals surface area contributed by atoms with Crippen molar-refractivity contribution in [2.45, 2.75) is 165 Å². The number of aliphatic hydroxyl groups is 6. The predicted octanol–water partition coefficient (Wildman–Crippen LogP) is 9.00. The smallest absolute Gasteiger partial charge is 0.389 e. The summed E-state index contributed by atoms with van der Waals surface area (Å²) in [5, 5.41) is 47.0. The zero-order chi connectivity index (χ0) is 48.3. The number of hydrogen-bond donors (Lipinski definition) is 6. The summed E-state index contributed by atoms with van der Waals surface area (Å²) in [7, 11) is 0. The fourth-order valence-electron chi connectivity index (χ4n) is 3.18. The van der Waals surface area contributed by atoms with E-state index in [0.717, 1.165) is 0 Å². The first kappa shape index (κ1) is 92.5. The number of ether oxygens (including phenoxy) is 4. The molecule has 0 saturated carbocycles. The average molecular weight is 3600 g/mol. The minimum absolute atomic E-state index is 0. The van der Waals surface area contributed by atoms with Crippen molar-refractivity contribution >= 4 is 0 Å². The zero-order valence-corrected chi connectivity index (χ0v) is 102. The molecule has 2 saturated heterocycles. The third kappa shape index (κ3) is 19.4. The Bertz CT molecular complexity index is 1110. The van der Waals surface area contributed by atoms with Crippen LogP contribution < -0.4 is 0 Å². The minimum atomic E-state index is -6.55. The molecule has 0 bridgehead atoms. The fraction of sp³-hybridized carbons (Fsp3) is 0.931. The molecule has 10 nitrogen and oxygen atoms in total. The van der Waals surface area contributed by atoms with Crippen LogP contribution in [0, 0.1) is 18.6 Å². The van der Waals surface area contributed by atoms with E-state index in [9.17, 15) is 87.8 Å². The minimum Gasteiger partial charge on any atom is -0.560 e. The molecule has 0 unspecified atom stereocenters. The second-order valence-corrected chi connectivity index (χ2v) is 11.6. The largest absolute Gasteiger partial charge is 0.560 e. The molecular weight excluding hydrogens is 3560 g/mol. The van der Waals surface area contributed by atoms with Crippen LogP contribution in [0.15, 0.2) is 0 Å². The van der Waals surface area contributed by atoms with Gasteiger partial charge in [0.25, 0.3) is 23.7 Å². The Balaban J connectivity index is -0.0000000597. The molecule has 2 aliphatic heterocycles.